The maximum atomic E-state index is 9.94. The molecule has 1 aromatic rings. The molecule has 1 unspecified atom stereocenters. The first-order chi connectivity index (χ1) is 8.22. The lowest BCUT2D eigenvalue weighted by Gasteiger charge is -2.20. The van der Waals surface area contributed by atoms with Crippen LogP contribution in [0.4, 0.5) is 5.82 Å². The normalized spacial score (nSPS) is 12.2. The first-order valence-corrected chi connectivity index (χ1v) is 5.86. The summed E-state index contributed by atoms with van der Waals surface area (Å²) in [7, 11) is 0. The number of hydrogen-bond acceptors (Lipinski definition) is 5. The molecule has 92 valence electrons. The van der Waals surface area contributed by atoms with Crippen molar-refractivity contribution in [2.24, 2.45) is 5.92 Å². The van der Waals surface area contributed by atoms with Crippen molar-refractivity contribution < 1.29 is 5.11 Å². The van der Waals surface area contributed by atoms with Crippen LogP contribution in [0.2, 0.25) is 0 Å². The number of aromatic nitrogens is 2. The molecule has 17 heavy (non-hydrogen) atoms. The minimum absolute atomic E-state index is 0.268. The largest absolute Gasteiger partial charge is 0.391 e. The summed E-state index contributed by atoms with van der Waals surface area (Å²) in [5.74, 6) is 0.699. The van der Waals surface area contributed by atoms with E-state index in [1.807, 2.05) is 6.07 Å². The molecule has 0 aliphatic carbocycles. The van der Waals surface area contributed by atoms with Gasteiger partial charge < -0.3 is 10.4 Å². The number of hydrogen-bond donors (Lipinski definition) is 2. The molecule has 0 aliphatic heterocycles. The molecule has 1 atom stereocenters. The number of anilines is 1. The minimum Gasteiger partial charge on any atom is -0.391 e. The van der Waals surface area contributed by atoms with Gasteiger partial charge in [0.25, 0.3) is 0 Å². The summed E-state index contributed by atoms with van der Waals surface area (Å²) >= 11 is 0. The van der Waals surface area contributed by atoms with E-state index in [1.165, 1.54) is 6.20 Å². The zero-order valence-electron chi connectivity index (χ0n) is 10.2. The molecule has 0 amide bonds. The molecule has 1 aromatic heterocycles. The van der Waals surface area contributed by atoms with Crippen LogP contribution < -0.4 is 5.32 Å². The van der Waals surface area contributed by atoms with E-state index in [9.17, 15) is 5.11 Å². The third-order valence-corrected chi connectivity index (χ3v) is 2.91. The summed E-state index contributed by atoms with van der Waals surface area (Å²) in [5.41, 5.74) is 0.441. The second-order valence-corrected chi connectivity index (χ2v) is 3.93. The van der Waals surface area contributed by atoms with E-state index in [0.717, 1.165) is 12.8 Å². The summed E-state index contributed by atoms with van der Waals surface area (Å²) in [6.45, 7) is 4.50. The van der Waals surface area contributed by atoms with Gasteiger partial charge in [0.05, 0.1) is 17.9 Å². The van der Waals surface area contributed by atoms with Gasteiger partial charge in [-0.3, -0.25) is 0 Å². The molecule has 1 heterocycles. The highest BCUT2D eigenvalue weighted by molar-refractivity contribution is 5.50. The molecule has 0 spiro atoms. The summed E-state index contributed by atoms with van der Waals surface area (Å²) in [6.07, 6.45) is 2.91. The average Bonchev–Trinajstić information content (AvgIpc) is 2.38. The first kappa shape index (κ1) is 13.4. The van der Waals surface area contributed by atoms with Crippen molar-refractivity contribution in [1.82, 2.24) is 10.2 Å². The smallest absolute Gasteiger partial charge is 0.166 e. The fourth-order valence-electron chi connectivity index (χ4n) is 1.75. The number of aliphatic hydroxyl groups is 1. The predicted molar refractivity (Wildman–Crippen MR) is 65.3 cm³/mol. The molecule has 0 saturated heterocycles. The van der Waals surface area contributed by atoms with E-state index in [2.05, 4.69) is 29.4 Å². The lowest BCUT2D eigenvalue weighted by molar-refractivity contribution is 0.114. The third-order valence-electron chi connectivity index (χ3n) is 2.91. The van der Waals surface area contributed by atoms with Gasteiger partial charge in [0.2, 0.25) is 0 Å². The Kier molecular flexibility index (Phi) is 5.37. The Morgan fingerprint density at radius 2 is 2.18 bits per heavy atom. The topological polar surface area (TPSA) is 81.8 Å². The first-order valence-electron chi connectivity index (χ1n) is 5.86. The zero-order valence-corrected chi connectivity index (χ0v) is 10.2. The van der Waals surface area contributed by atoms with Crippen molar-refractivity contribution in [3.05, 3.63) is 17.8 Å². The van der Waals surface area contributed by atoms with Crippen molar-refractivity contribution in [3.63, 3.8) is 0 Å². The van der Waals surface area contributed by atoms with Gasteiger partial charge >= 0.3 is 0 Å². The van der Waals surface area contributed by atoms with Crippen molar-refractivity contribution in [3.8, 4) is 6.07 Å². The second-order valence-electron chi connectivity index (χ2n) is 3.93. The van der Waals surface area contributed by atoms with Gasteiger partial charge in [-0.15, -0.1) is 5.10 Å². The van der Waals surface area contributed by atoms with Crippen LogP contribution in [0.15, 0.2) is 12.3 Å². The molecule has 0 bridgehead atoms. The summed E-state index contributed by atoms with van der Waals surface area (Å²) in [5, 5.41) is 29.3. The van der Waals surface area contributed by atoms with Crippen LogP contribution in [-0.4, -0.2) is 28.0 Å². The molecule has 5 heteroatoms. The SMILES string of the molecule is CCC(CC)C(O)CNc1nnccc1C#N. The summed E-state index contributed by atoms with van der Waals surface area (Å²) < 4.78 is 0. The minimum atomic E-state index is -0.432. The van der Waals surface area contributed by atoms with Gasteiger partial charge in [0.15, 0.2) is 5.82 Å². The molecule has 0 saturated carbocycles. The van der Waals surface area contributed by atoms with Gasteiger partial charge in [-0.05, 0) is 12.0 Å². The van der Waals surface area contributed by atoms with Crippen molar-refractivity contribution >= 4 is 5.82 Å². The summed E-state index contributed by atoms with van der Waals surface area (Å²) in [4.78, 5) is 0. The van der Waals surface area contributed by atoms with E-state index < -0.39 is 6.10 Å². The highest BCUT2D eigenvalue weighted by Crippen LogP contribution is 2.14. The monoisotopic (exact) mass is 234 g/mol. The number of nitriles is 1. The maximum Gasteiger partial charge on any atom is 0.166 e. The number of nitrogens with one attached hydrogen (secondary N) is 1. The number of aliphatic hydroxyl groups excluding tert-OH is 1. The van der Waals surface area contributed by atoms with Gasteiger partial charge in [-0.25, -0.2) is 0 Å². The Morgan fingerprint density at radius 3 is 2.76 bits per heavy atom. The molecule has 5 nitrogen and oxygen atoms in total. The van der Waals surface area contributed by atoms with E-state index in [4.69, 9.17) is 5.26 Å². The highest BCUT2D eigenvalue weighted by Gasteiger charge is 2.15. The average molecular weight is 234 g/mol. The lowest BCUT2D eigenvalue weighted by atomic mass is 9.96. The van der Waals surface area contributed by atoms with Crippen molar-refractivity contribution in [1.29, 1.82) is 5.26 Å². The quantitative estimate of drug-likeness (QED) is 0.780. The molecule has 0 radical (unpaired) electrons. The predicted octanol–water partition coefficient (Wildman–Crippen LogP) is 1.56. The van der Waals surface area contributed by atoms with E-state index >= 15 is 0 Å². The van der Waals surface area contributed by atoms with Crippen molar-refractivity contribution in [2.75, 3.05) is 11.9 Å². The van der Waals surface area contributed by atoms with Gasteiger partial charge in [-0.2, -0.15) is 10.4 Å². The van der Waals surface area contributed by atoms with Gasteiger partial charge in [-0.1, -0.05) is 26.7 Å². The fraction of sp³-hybridized carbons (Fsp3) is 0.583. The number of nitrogens with zero attached hydrogens (tertiary/aromatic N) is 3. The Balaban J connectivity index is 2.58. The fourth-order valence-corrected chi connectivity index (χ4v) is 1.75. The van der Waals surface area contributed by atoms with Crippen LogP contribution in [0.3, 0.4) is 0 Å². The lowest BCUT2D eigenvalue weighted by Crippen LogP contribution is -2.28. The third kappa shape index (κ3) is 3.68. The van der Waals surface area contributed by atoms with Crippen LogP contribution in [-0.2, 0) is 0 Å². The maximum absolute atomic E-state index is 9.94. The number of rotatable bonds is 6. The van der Waals surface area contributed by atoms with Crippen LogP contribution in [0.1, 0.15) is 32.3 Å². The van der Waals surface area contributed by atoms with E-state index in [1.54, 1.807) is 6.07 Å². The molecule has 0 aliphatic rings. The van der Waals surface area contributed by atoms with Crippen LogP contribution >= 0.6 is 0 Å². The Morgan fingerprint density at radius 1 is 1.47 bits per heavy atom. The van der Waals surface area contributed by atoms with Gasteiger partial charge in [0.1, 0.15) is 6.07 Å². The molecule has 0 aromatic carbocycles. The zero-order chi connectivity index (χ0) is 12.7. The second kappa shape index (κ2) is 6.81. The standard InChI is InChI=1S/C12H18N4O/c1-3-9(4-2)11(17)8-14-12-10(7-13)5-6-15-16-12/h5-6,9,11,17H,3-4,8H2,1-2H3,(H,14,16). The molecule has 2 N–H and O–H groups in total. The highest BCUT2D eigenvalue weighted by atomic mass is 16.3. The Hall–Kier alpha value is -1.67. The molecule has 1 rings (SSSR count). The van der Waals surface area contributed by atoms with E-state index in [0.29, 0.717) is 17.9 Å². The molecular weight excluding hydrogens is 216 g/mol. The Labute approximate surface area is 101 Å². The molecular formula is C12H18N4O. The van der Waals surface area contributed by atoms with Crippen LogP contribution in [0.25, 0.3) is 0 Å². The van der Waals surface area contributed by atoms with Crippen molar-refractivity contribution in [2.45, 2.75) is 32.8 Å². The van der Waals surface area contributed by atoms with Gasteiger partial charge in [0, 0.05) is 6.54 Å². The Bertz CT molecular complexity index is 384. The van der Waals surface area contributed by atoms with Crippen LogP contribution in [0.5, 0.6) is 0 Å². The van der Waals surface area contributed by atoms with Crippen LogP contribution in [0, 0.1) is 17.2 Å². The molecule has 0 fully saturated rings. The summed E-state index contributed by atoms with van der Waals surface area (Å²) in [6, 6.07) is 3.63. The van der Waals surface area contributed by atoms with E-state index in [-0.39, 0.29) is 5.92 Å².